The number of amides is 2. The molecule has 0 aliphatic carbocycles. The smallest absolute Gasteiger partial charge is 0.255 e. The molecule has 25 heavy (non-hydrogen) atoms. The van der Waals surface area contributed by atoms with Gasteiger partial charge in [0, 0.05) is 5.02 Å². The number of hydrogen-bond acceptors (Lipinski definition) is 3. The highest BCUT2D eigenvalue weighted by atomic mass is 35.5. The molecule has 2 rings (SSSR count). The number of halogens is 4. The Morgan fingerprint density at radius 3 is 2.52 bits per heavy atom. The third kappa shape index (κ3) is 4.42. The maximum atomic E-state index is 13.5. The van der Waals surface area contributed by atoms with E-state index in [1.54, 1.807) is 0 Å². The average Bonchev–Trinajstić information content (AvgIpc) is 2.60. The van der Waals surface area contributed by atoms with Gasteiger partial charge >= 0.3 is 0 Å². The van der Waals surface area contributed by atoms with E-state index in [1.807, 2.05) is 5.32 Å². The molecule has 0 radical (unpaired) electrons. The minimum atomic E-state index is -1.70. The first kappa shape index (κ1) is 18.6. The second kappa shape index (κ2) is 7.89. The van der Waals surface area contributed by atoms with Crippen LogP contribution in [0.2, 0.25) is 5.02 Å². The van der Waals surface area contributed by atoms with Gasteiger partial charge in [0.1, 0.15) is 5.75 Å². The van der Waals surface area contributed by atoms with Crippen molar-refractivity contribution in [2.75, 3.05) is 19.0 Å². The molecule has 0 saturated carbocycles. The van der Waals surface area contributed by atoms with Crippen LogP contribution in [0.15, 0.2) is 30.3 Å². The minimum Gasteiger partial charge on any atom is -0.496 e. The third-order valence-corrected chi connectivity index (χ3v) is 3.36. The van der Waals surface area contributed by atoms with Gasteiger partial charge in [0.15, 0.2) is 17.5 Å². The van der Waals surface area contributed by atoms with Gasteiger partial charge in [0.2, 0.25) is 5.91 Å². The molecule has 9 heteroatoms. The Morgan fingerprint density at radius 1 is 1.12 bits per heavy atom. The average molecular weight is 373 g/mol. The van der Waals surface area contributed by atoms with Crippen LogP contribution in [0.4, 0.5) is 18.9 Å². The van der Waals surface area contributed by atoms with Gasteiger partial charge in [-0.2, -0.15) is 0 Å². The molecule has 0 unspecified atom stereocenters. The van der Waals surface area contributed by atoms with E-state index in [1.165, 1.54) is 25.3 Å². The summed E-state index contributed by atoms with van der Waals surface area (Å²) in [6, 6.07) is 5.89. The third-order valence-electron chi connectivity index (χ3n) is 3.12. The van der Waals surface area contributed by atoms with E-state index < -0.39 is 41.5 Å². The van der Waals surface area contributed by atoms with Crippen molar-refractivity contribution < 1.29 is 27.5 Å². The zero-order valence-corrected chi connectivity index (χ0v) is 13.6. The number of carbonyl (C=O) groups is 2. The number of nitrogens with one attached hydrogen (secondary N) is 2. The summed E-state index contributed by atoms with van der Waals surface area (Å²) in [5.41, 5.74) is -0.444. The molecular formula is C16H12ClF3N2O3. The molecule has 5 nitrogen and oxygen atoms in total. The van der Waals surface area contributed by atoms with Crippen LogP contribution in [0, 0.1) is 17.5 Å². The Labute approximate surface area is 145 Å². The SMILES string of the molecule is COc1ccc(Cl)cc1C(=O)NCC(=O)Nc1ccc(F)c(F)c1F. The van der Waals surface area contributed by atoms with Crippen LogP contribution in [0.3, 0.4) is 0 Å². The maximum absolute atomic E-state index is 13.5. The fourth-order valence-electron chi connectivity index (χ4n) is 1.93. The first-order valence-electron chi connectivity index (χ1n) is 6.88. The molecule has 0 heterocycles. The van der Waals surface area contributed by atoms with Crippen LogP contribution in [0.5, 0.6) is 5.75 Å². The van der Waals surface area contributed by atoms with Gasteiger partial charge in [-0.1, -0.05) is 11.6 Å². The van der Waals surface area contributed by atoms with Crippen molar-refractivity contribution in [3.05, 3.63) is 58.4 Å². The summed E-state index contributed by atoms with van der Waals surface area (Å²) >= 11 is 5.81. The number of hydrogen-bond donors (Lipinski definition) is 2. The van der Waals surface area contributed by atoms with E-state index in [2.05, 4.69) is 5.32 Å². The summed E-state index contributed by atoms with van der Waals surface area (Å²) < 4.78 is 44.4. The zero-order chi connectivity index (χ0) is 18.6. The van der Waals surface area contributed by atoms with E-state index in [-0.39, 0.29) is 11.3 Å². The number of rotatable bonds is 5. The highest BCUT2D eigenvalue weighted by molar-refractivity contribution is 6.31. The summed E-state index contributed by atoms with van der Waals surface area (Å²) in [5, 5.41) is 4.61. The summed E-state index contributed by atoms with van der Waals surface area (Å²) in [6.45, 7) is -0.535. The molecule has 2 aromatic carbocycles. The monoisotopic (exact) mass is 372 g/mol. The van der Waals surface area contributed by atoms with Crippen LogP contribution in [0.1, 0.15) is 10.4 Å². The lowest BCUT2D eigenvalue weighted by molar-refractivity contribution is -0.115. The molecule has 0 atom stereocenters. The zero-order valence-electron chi connectivity index (χ0n) is 12.8. The van der Waals surface area contributed by atoms with Crippen LogP contribution >= 0.6 is 11.6 Å². The van der Waals surface area contributed by atoms with E-state index in [0.29, 0.717) is 11.1 Å². The van der Waals surface area contributed by atoms with Crippen molar-refractivity contribution in [1.82, 2.24) is 5.32 Å². The van der Waals surface area contributed by atoms with Crippen LogP contribution in [0.25, 0.3) is 0 Å². The van der Waals surface area contributed by atoms with Gasteiger partial charge < -0.3 is 15.4 Å². The Hall–Kier alpha value is -2.74. The van der Waals surface area contributed by atoms with Gasteiger partial charge in [-0.3, -0.25) is 9.59 Å². The van der Waals surface area contributed by atoms with Crippen molar-refractivity contribution in [3.63, 3.8) is 0 Å². The molecule has 0 spiro atoms. The van der Waals surface area contributed by atoms with E-state index in [4.69, 9.17) is 16.3 Å². The van der Waals surface area contributed by atoms with Crippen LogP contribution in [-0.2, 0) is 4.79 Å². The normalized spacial score (nSPS) is 10.3. The number of ether oxygens (including phenoxy) is 1. The lowest BCUT2D eigenvalue weighted by atomic mass is 10.2. The van der Waals surface area contributed by atoms with Crippen molar-refractivity contribution in [1.29, 1.82) is 0 Å². The van der Waals surface area contributed by atoms with E-state index >= 15 is 0 Å². The lowest BCUT2D eigenvalue weighted by Gasteiger charge is -2.10. The molecule has 2 amide bonds. The molecule has 0 fully saturated rings. The Balaban J connectivity index is 2.02. The molecular weight excluding hydrogens is 361 g/mol. The van der Waals surface area contributed by atoms with Gasteiger partial charge in [-0.15, -0.1) is 0 Å². The fraction of sp³-hybridized carbons (Fsp3) is 0.125. The summed E-state index contributed by atoms with van der Waals surface area (Å²) in [5.74, 6) is -5.85. The Morgan fingerprint density at radius 2 is 1.84 bits per heavy atom. The number of benzene rings is 2. The largest absolute Gasteiger partial charge is 0.496 e. The molecule has 0 aliphatic rings. The second-order valence-electron chi connectivity index (χ2n) is 4.80. The molecule has 0 aliphatic heterocycles. The summed E-state index contributed by atoms with van der Waals surface area (Å²) in [4.78, 5) is 23.8. The Kier molecular flexibility index (Phi) is 5.87. The minimum absolute atomic E-state index is 0.0989. The van der Waals surface area contributed by atoms with Gasteiger partial charge in [-0.25, -0.2) is 13.2 Å². The highest BCUT2D eigenvalue weighted by Gasteiger charge is 2.17. The van der Waals surface area contributed by atoms with E-state index in [9.17, 15) is 22.8 Å². The maximum Gasteiger partial charge on any atom is 0.255 e. The first-order valence-corrected chi connectivity index (χ1v) is 7.26. The molecule has 2 aromatic rings. The van der Waals surface area contributed by atoms with Crippen molar-refractivity contribution in [2.24, 2.45) is 0 Å². The molecule has 0 saturated heterocycles. The second-order valence-corrected chi connectivity index (χ2v) is 5.23. The summed E-state index contributed by atoms with van der Waals surface area (Å²) in [7, 11) is 1.36. The molecule has 132 valence electrons. The number of methoxy groups -OCH3 is 1. The molecule has 0 bridgehead atoms. The molecule has 0 aromatic heterocycles. The standard InChI is InChI=1S/C16H12ClF3N2O3/c1-25-12-5-2-8(17)6-9(12)16(24)21-7-13(23)22-11-4-3-10(18)14(19)15(11)20/h2-6H,7H2,1H3,(H,21,24)(H,22,23). The van der Waals surface area contributed by atoms with E-state index in [0.717, 1.165) is 6.07 Å². The summed E-state index contributed by atoms with van der Waals surface area (Å²) in [6.07, 6.45) is 0. The highest BCUT2D eigenvalue weighted by Crippen LogP contribution is 2.22. The predicted octanol–water partition coefficient (Wildman–Crippen LogP) is 3.13. The van der Waals surface area contributed by atoms with Crippen molar-refractivity contribution >= 4 is 29.1 Å². The van der Waals surface area contributed by atoms with Crippen molar-refractivity contribution in [3.8, 4) is 5.75 Å². The number of carbonyl (C=O) groups excluding carboxylic acids is 2. The Bertz CT molecular complexity index is 831. The van der Waals surface area contributed by atoms with Crippen molar-refractivity contribution in [2.45, 2.75) is 0 Å². The number of anilines is 1. The van der Waals surface area contributed by atoms with Gasteiger partial charge in [0.25, 0.3) is 5.91 Å². The fourth-order valence-corrected chi connectivity index (χ4v) is 2.10. The quantitative estimate of drug-likeness (QED) is 0.792. The predicted molar refractivity (Wildman–Crippen MR) is 85.3 cm³/mol. The van der Waals surface area contributed by atoms with Crippen LogP contribution < -0.4 is 15.4 Å². The van der Waals surface area contributed by atoms with Crippen LogP contribution in [-0.4, -0.2) is 25.5 Å². The lowest BCUT2D eigenvalue weighted by Crippen LogP contribution is -2.33. The molecule has 2 N–H and O–H groups in total. The first-order chi connectivity index (χ1) is 11.8. The topological polar surface area (TPSA) is 67.4 Å². The van der Waals surface area contributed by atoms with Gasteiger partial charge in [0.05, 0.1) is 24.9 Å². The van der Waals surface area contributed by atoms with Gasteiger partial charge in [-0.05, 0) is 30.3 Å².